The van der Waals surface area contributed by atoms with Crippen LogP contribution in [0.2, 0.25) is 0 Å². The molecule has 2 N–H and O–H groups in total. The number of carboxylic acid groups (broad SMARTS) is 1. The molecule has 0 radical (unpaired) electrons. The van der Waals surface area contributed by atoms with Gasteiger partial charge in [-0.05, 0) is 41.7 Å². The highest BCUT2D eigenvalue weighted by Gasteiger charge is 2.21. The Bertz CT molecular complexity index is 1060. The Labute approximate surface area is 159 Å². The molecule has 0 saturated heterocycles. The summed E-state index contributed by atoms with van der Waals surface area (Å²) in [5, 5.41) is 25.6. The second-order valence-corrected chi connectivity index (χ2v) is 7.03. The molecule has 0 amide bonds. The zero-order chi connectivity index (χ0) is 18.6. The number of H-pyrrole nitrogens is 1. The number of hydrogen-bond donors (Lipinski definition) is 2. The summed E-state index contributed by atoms with van der Waals surface area (Å²) in [5.74, 6) is 5.93. The fourth-order valence-corrected chi connectivity index (χ4v) is 3.55. The predicted octanol–water partition coefficient (Wildman–Crippen LogP) is 2.84. The fourth-order valence-electron chi connectivity index (χ4n) is 2.80. The van der Waals surface area contributed by atoms with Gasteiger partial charge in [-0.15, -0.1) is 21.5 Å². The third-order valence-corrected chi connectivity index (χ3v) is 5.16. The normalized spacial score (nSPS) is 14.3. The second kappa shape index (κ2) is 7.51. The van der Waals surface area contributed by atoms with E-state index in [9.17, 15) is 4.79 Å². The van der Waals surface area contributed by atoms with E-state index in [1.165, 1.54) is 19.3 Å². The van der Waals surface area contributed by atoms with E-state index < -0.39 is 5.97 Å². The molecule has 0 spiro atoms. The monoisotopic (exact) mass is 377 g/mol. The van der Waals surface area contributed by atoms with Gasteiger partial charge in [0, 0.05) is 28.5 Å². The number of benzene rings is 1. The SMILES string of the molecule is O=C(O)C=C(c1cccc(C#Cc2nc(C3CCC3)cs2)c1)c1nn[nH]n1. The lowest BCUT2D eigenvalue weighted by Crippen LogP contribution is -2.08. The van der Waals surface area contributed by atoms with E-state index in [1.807, 2.05) is 12.1 Å². The molecule has 7 nitrogen and oxygen atoms in total. The lowest BCUT2D eigenvalue weighted by atomic mass is 9.83. The van der Waals surface area contributed by atoms with Crippen LogP contribution >= 0.6 is 11.3 Å². The smallest absolute Gasteiger partial charge is 0.329 e. The molecule has 0 aliphatic heterocycles. The lowest BCUT2D eigenvalue weighted by Gasteiger charge is -2.22. The van der Waals surface area contributed by atoms with Gasteiger partial charge in [0.1, 0.15) is 0 Å². The van der Waals surface area contributed by atoms with Gasteiger partial charge < -0.3 is 5.11 Å². The van der Waals surface area contributed by atoms with E-state index in [4.69, 9.17) is 5.11 Å². The maximum Gasteiger partial charge on any atom is 0.329 e. The molecular formula is C19H15N5O2S. The van der Waals surface area contributed by atoms with Gasteiger partial charge in [-0.2, -0.15) is 5.21 Å². The number of tetrazole rings is 1. The Morgan fingerprint density at radius 2 is 2.22 bits per heavy atom. The van der Waals surface area contributed by atoms with Gasteiger partial charge in [0.25, 0.3) is 0 Å². The molecule has 8 heteroatoms. The number of aromatic nitrogens is 5. The highest BCUT2D eigenvalue weighted by molar-refractivity contribution is 7.10. The Hall–Kier alpha value is -3.31. The van der Waals surface area contributed by atoms with Crippen LogP contribution in [0.1, 0.15) is 52.8 Å². The number of nitrogens with one attached hydrogen (secondary N) is 1. The summed E-state index contributed by atoms with van der Waals surface area (Å²) in [6.07, 6.45) is 4.77. The second-order valence-electron chi connectivity index (χ2n) is 6.17. The van der Waals surface area contributed by atoms with E-state index in [2.05, 4.69) is 42.8 Å². The molecule has 27 heavy (non-hydrogen) atoms. The summed E-state index contributed by atoms with van der Waals surface area (Å²) < 4.78 is 0. The van der Waals surface area contributed by atoms with Crippen molar-refractivity contribution in [2.75, 3.05) is 0 Å². The van der Waals surface area contributed by atoms with Gasteiger partial charge in [-0.3, -0.25) is 0 Å². The first-order valence-corrected chi connectivity index (χ1v) is 9.33. The van der Waals surface area contributed by atoms with E-state index >= 15 is 0 Å². The number of aliphatic carboxylic acids is 1. The number of hydrogen-bond acceptors (Lipinski definition) is 6. The molecule has 1 aliphatic carbocycles. The number of rotatable bonds is 4. The summed E-state index contributed by atoms with van der Waals surface area (Å²) in [7, 11) is 0. The third-order valence-electron chi connectivity index (χ3n) is 4.39. The summed E-state index contributed by atoms with van der Waals surface area (Å²) in [4.78, 5) is 15.8. The van der Waals surface area contributed by atoms with Gasteiger partial charge in [-0.1, -0.05) is 24.5 Å². The first kappa shape index (κ1) is 17.1. The van der Waals surface area contributed by atoms with Crippen molar-refractivity contribution in [2.45, 2.75) is 25.2 Å². The quantitative estimate of drug-likeness (QED) is 0.535. The molecule has 0 unspecified atom stereocenters. The van der Waals surface area contributed by atoms with Crippen LogP contribution in [-0.2, 0) is 4.79 Å². The van der Waals surface area contributed by atoms with Crippen LogP contribution in [0.5, 0.6) is 0 Å². The van der Waals surface area contributed by atoms with Crippen LogP contribution in [0.15, 0.2) is 35.7 Å². The van der Waals surface area contributed by atoms with E-state index in [0.717, 1.165) is 22.3 Å². The Morgan fingerprint density at radius 3 is 2.93 bits per heavy atom. The van der Waals surface area contributed by atoms with Crippen molar-refractivity contribution in [3.8, 4) is 11.8 Å². The molecule has 134 valence electrons. The average molecular weight is 377 g/mol. The van der Waals surface area contributed by atoms with Crippen molar-refractivity contribution in [2.24, 2.45) is 0 Å². The molecule has 1 fully saturated rings. The highest BCUT2D eigenvalue weighted by atomic mass is 32.1. The topological polar surface area (TPSA) is 105 Å². The molecule has 4 rings (SSSR count). The number of thiazole rings is 1. The first-order chi connectivity index (χ1) is 13.2. The van der Waals surface area contributed by atoms with Crippen LogP contribution in [0.4, 0.5) is 0 Å². The van der Waals surface area contributed by atoms with E-state index in [1.54, 1.807) is 23.5 Å². The molecule has 1 saturated carbocycles. The van der Waals surface area contributed by atoms with Crippen LogP contribution in [0.3, 0.4) is 0 Å². The minimum absolute atomic E-state index is 0.215. The van der Waals surface area contributed by atoms with Crippen molar-refractivity contribution in [1.82, 2.24) is 25.6 Å². The fraction of sp³-hybridized carbons (Fsp3) is 0.211. The molecule has 0 bridgehead atoms. The molecule has 1 aromatic carbocycles. The zero-order valence-corrected chi connectivity index (χ0v) is 15.0. The van der Waals surface area contributed by atoms with Crippen LogP contribution in [0.25, 0.3) is 5.57 Å². The van der Waals surface area contributed by atoms with Crippen molar-refractivity contribution in [3.63, 3.8) is 0 Å². The van der Waals surface area contributed by atoms with Crippen LogP contribution in [0, 0.1) is 11.8 Å². The van der Waals surface area contributed by atoms with Crippen LogP contribution in [-0.4, -0.2) is 36.7 Å². The standard InChI is InChI=1S/C19H15N5O2S/c25-18(26)10-15(19-21-23-24-22-19)14-6-1-3-12(9-14)7-8-17-20-16(11-27-17)13-4-2-5-13/h1,3,6,9-11,13H,2,4-5H2,(H,25,26)(H,21,22,23,24). The Kier molecular flexibility index (Phi) is 4.77. The minimum atomic E-state index is -1.09. The average Bonchev–Trinajstić information content (AvgIpc) is 3.29. The molecule has 3 aromatic rings. The van der Waals surface area contributed by atoms with Crippen molar-refractivity contribution in [3.05, 3.63) is 63.4 Å². The van der Waals surface area contributed by atoms with Crippen molar-refractivity contribution >= 4 is 22.9 Å². The maximum absolute atomic E-state index is 11.2. The number of nitrogens with zero attached hydrogens (tertiary/aromatic N) is 4. The Balaban J connectivity index is 1.61. The number of carboxylic acids is 1. The summed E-state index contributed by atoms with van der Waals surface area (Å²) in [6.45, 7) is 0. The predicted molar refractivity (Wildman–Crippen MR) is 100 cm³/mol. The van der Waals surface area contributed by atoms with Crippen molar-refractivity contribution in [1.29, 1.82) is 0 Å². The van der Waals surface area contributed by atoms with Crippen LogP contribution < -0.4 is 0 Å². The zero-order valence-electron chi connectivity index (χ0n) is 14.2. The van der Waals surface area contributed by atoms with Gasteiger partial charge in [0.05, 0.1) is 5.69 Å². The molecular weight excluding hydrogens is 362 g/mol. The molecule has 2 heterocycles. The summed E-state index contributed by atoms with van der Waals surface area (Å²) in [6, 6.07) is 7.27. The van der Waals surface area contributed by atoms with Gasteiger partial charge in [0.15, 0.2) is 5.01 Å². The first-order valence-electron chi connectivity index (χ1n) is 8.45. The summed E-state index contributed by atoms with van der Waals surface area (Å²) >= 11 is 1.56. The van der Waals surface area contributed by atoms with E-state index in [0.29, 0.717) is 17.1 Å². The minimum Gasteiger partial charge on any atom is -0.478 e. The summed E-state index contributed by atoms with van der Waals surface area (Å²) in [5.41, 5.74) is 2.92. The maximum atomic E-state index is 11.2. The number of aromatic amines is 1. The lowest BCUT2D eigenvalue weighted by molar-refractivity contribution is -0.131. The highest BCUT2D eigenvalue weighted by Crippen LogP contribution is 2.36. The van der Waals surface area contributed by atoms with Gasteiger partial charge in [-0.25, -0.2) is 9.78 Å². The molecule has 2 aromatic heterocycles. The Morgan fingerprint density at radius 1 is 1.33 bits per heavy atom. The van der Waals surface area contributed by atoms with Gasteiger partial charge in [0.2, 0.25) is 5.82 Å². The number of carbonyl (C=O) groups is 1. The molecule has 0 atom stereocenters. The van der Waals surface area contributed by atoms with E-state index in [-0.39, 0.29) is 5.82 Å². The van der Waals surface area contributed by atoms with Gasteiger partial charge >= 0.3 is 5.97 Å². The molecule has 1 aliphatic rings. The largest absolute Gasteiger partial charge is 0.478 e. The third kappa shape index (κ3) is 3.93. The van der Waals surface area contributed by atoms with Crippen molar-refractivity contribution < 1.29 is 9.90 Å².